The molecule has 73 heavy (non-hydrogen) atoms. The summed E-state index contributed by atoms with van der Waals surface area (Å²) in [6.45, 7) is 6.74. The van der Waals surface area contributed by atoms with Crippen LogP contribution >= 0.6 is 0 Å². The van der Waals surface area contributed by atoms with Gasteiger partial charge in [-0.05, 0) is 166 Å². The summed E-state index contributed by atoms with van der Waals surface area (Å²) in [6.07, 6.45) is 0. The minimum absolute atomic E-state index is 0.745. The molecule has 1 aliphatic heterocycles. The fraction of sp³-hybridized carbons (Fsp3) is 0.0435. The summed E-state index contributed by atoms with van der Waals surface area (Å²) >= 11 is 0. The number of aryl methyl sites for hydroxylation is 3. The predicted molar refractivity (Wildman–Crippen MR) is 313 cm³/mol. The van der Waals surface area contributed by atoms with Crippen molar-refractivity contribution in [1.29, 1.82) is 0 Å². The van der Waals surface area contributed by atoms with E-state index in [1.807, 2.05) is 0 Å². The Hall–Kier alpha value is -9.12. The molecule has 1 heterocycles. The van der Waals surface area contributed by atoms with E-state index in [2.05, 4.69) is 297 Å². The topological polar surface area (TPSA) is 18.5 Å². The smallest absolute Gasteiger partial charge is 0.198 e. The third-order valence-corrected chi connectivity index (χ3v) is 14.4. The van der Waals surface area contributed by atoms with Crippen molar-refractivity contribution >= 4 is 63.7 Å². The summed E-state index contributed by atoms with van der Waals surface area (Å²) in [5, 5.41) is 4.02. The fourth-order valence-electron chi connectivity index (χ4n) is 10.8. The Kier molecular flexibility index (Phi) is 12.1. The number of rotatable bonds is 11. The molecule has 0 atom stereocenters. The van der Waals surface area contributed by atoms with Gasteiger partial charge in [0.05, 0.1) is 0 Å². The van der Waals surface area contributed by atoms with Crippen molar-refractivity contribution in [3.63, 3.8) is 0 Å². The number of fused-ring (bicyclic) bond motifs is 2. The van der Waals surface area contributed by atoms with E-state index in [1.54, 1.807) is 0 Å². The van der Waals surface area contributed by atoms with Gasteiger partial charge in [0, 0.05) is 51.1 Å². The normalized spacial score (nSPS) is 11.6. The number of anilines is 8. The van der Waals surface area contributed by atoms with Crippen LogP contribution in [0, 0.1) is 20.8 Å². The van der Waals surface area contributed by atoms with Crippen molar-refractivity contribution < 1.29 is 0 Å². The summed E-state index contributed by atoms with van der Waals surface area (Å²) < 4.78 is 0. The van der Waals surface area contributed by atoms with Crippen molar-refractivity contribution in [1.82, 2.24) is 0 Å². The second-order valence-corrected chi connectivity index (χ2v) is 19.2. The maximum atomic E-state index is 4.02. The van der Waals surface area contributed by atoms with Crippen molar-refractivity contribution in [2.45, 2.75) is 20.8 Å². The minimum Gasteiger partial charge on any atom is -0.355 e. The van der Waals surface area contributed by atoms with Gasteiger partial charge in [0.1, 0.15) is 0 Å². The van der Waals surface area contributed by atoms with E-state index in [1.165, 1.54) is 89.1 Å². The van der Waals surface area contributed by atoms with Crippen LogP contribution in [0.15, 0.2) is 261 Å². The van der Waals surface area contributed by atoms with Crippen LogP contribution in [-0.2, 0) is 0 Å². The highest BCUT2D eigenvalue weighted by atomic mass is 15.2. The average Bonchev–Trinajstić information content (AvgIpc) is 3.44. The Balaban J connectivity index is 1.12. The lowest BCUT2D eigenvalue weighted by atomic mass is 9.57. The lowest BCUT2D eigenvalue weighted by Gasteiger charge is -2.37. The van der Waals surface area contributed by atoms with E-state index in [0.717, 1.165) is 47.0 Å². The molecule has 0 bridgehead atoms. The maximum absolute atomic E-state index is 4.02. The fourth-order valence-corrected chi connectivity index (χ4v) is 10.8. The lowest BCUT2D eigenvalue weighted by Crippen LogP contribution is -2.41. The predicted octanol–water partition coefficient (Wildman–Crippen LogP) is 17.3. The second-order valence-electron chi connectivity index (χ2n) is 19.2. The molecule has 0 saturated heterocycles. The highest BCUT2D eigenvalue weighted by Gasteiger charge is 2.31. The van der Waals surface area contributed by atoms with Gasteiger partial charge in [0.25, 0.3) is 0 Å². The van der Waals surface area contributed by atoms with E-state index in [4.69, 9.17) is 0 Å². The van der Waals surface area contributed by atoms with Gasteiger partial charge < -0.3 is 15.1 Å². The van der Waals surface area contributed by atoms with Crippen LogP contribution in [0.3, 0.4) is 0 Å². The Morgan fingerprint density at radius 2 is 0.849 bits per heavy atom. The molecule has 348 valence electrons. The molecule has 0 unspecified atom stereocenters. The first-order valence-corrected chi connectivity index (χ1v) is 25.3. The van der Waals surface area contributed by atoms with Gasteiger partial charge >= 0.3 is 0 Å². The summed E-state index contributed by atoms with van der Waals surface area (Å²) in [6, 6.07) is 95.0. The number of hydrogen-bond acceptors (Lipinski definition) is 3. The van der Waals surface area contributed by atoms with Crippen molar-refractivity contribution in [3.05, 3.63) is 278 Å². The maximum Gasteiger partial charge on any atom is 0.198 e. The first-order chi connectivity index (χ1) is 35.9. The van der Waals surface area contributed by atoms with Gasteiger partial charge in [-0.2, -0.15) is 0 Å². The van der Waals surface area contributed by atoms with Crippen LogP contribution in [0.4, 0.5) is 45.5 Å². The molecule has 0 radical (unpaired) electrons. The van der Waals surface area contributed by atoms with Crippen molar-refractivity contribution in [3.8, 4) is 55.6 Å². The highest BCUT2D eigenvalue weighted by molar-refractivity contribution is 6.73. The molecule has 11 aromatic carbocycles. The molecular formula is C69H54BN3. The molecule has 0 aromatic heterocycles. The molecule has 1 N–H and O–H groups in total. The zero-order chi connectivity index (χ0) is 49.3. The van der Waals surface area contributed by atoms with Gasteiger partial charge in [-0.25, -0.2) is 0 Å². The number of hydrogen-bond donors (Lipinski definition) is 1. The molecule has 0 aliphatic carbocycles. The summed E-state index contributed by atoms with van der Waals surface area (Å²) in [5.74, 6) is 0. The standard InChI is InChI=1S/C69H54BN3/c1-47-32-33-55(52-26-13-6-14-27-52)44-66(47)73-65-41-36-54(51-24-11-5-12-25-51)43-63(65)70-69-62(42-56(45-67(69)73)68-48(2)20-19-21-49(68)3)61-40-39-60(72(58-28-15-7-16-29-58)59-30-17-8-18-31-59)46-64(61)71-57-37-34-53(35-38-57)50-22-9-4-10-23-50/h4-46,70-71H,1-3H3. The molecule has 0 saturated carbocycles. The third kappa shape index (κ3) is 8.90. The van der Waals surface area contributed by atoms with Crippen molar-refractivity contribution in [2.75, 3.05) is 15.1 Å². The molecule has 1 aliphatic rings. The minimum atomic E-state index is 0.745. The van der Waals surface area contributed by atoms with E-state index < -0.39 is 0 Å². The van der Waals surface area contributed by atoms with Crippen molar-refractivity contribution in [2.24, 2.45) is 0 Å². The van der Waals surface area contributed by atoms with Crippen LogP contribution in [0.1, 0.15) is 16.7 Å². The zero-order valence-corrected chi connectivity index (χ0v) is 41.4. The molecule has 12 rings (SSSR count). The lowest BCUT2D eigenvalue weighted by molar-refractivity contribution is 1.26. The molecule has 11 aromatic rings. The third-order valence-electron chi connectivity index (χ3n) is 14.4. The number of benzene rings is 11. The molecule has 0 spiro atoms. The number of nitrogens with zero attached hydrogens (tertiary/aromatic N) is 2. The largest absolute Gasteiger partial charge is 0.355 e. The van der Waals surface area contributed by atoms with Crippen LogP contribution in [-0.4, -0.2) is 7.28 Å². The first-order valence-electron chi connectivity index (χ1n) is 25.3. The Labute approximate surface area is 430 Å². The van der Waals surface area contributed by atoms with E-state index in [-0.39, 0.29) is 0 Å². The van der Waals surface area contributed by atoms with Crippen LogP contribution < -0.4 is 26.0 Å². The summed E-state index contributed by atoms with van der Waals surface area (Å²) in [7, 11) is 0.745. The summed E-state index contributed by atoms with van der Waals surface area (Å²) in [4.78, 5) is 4.91. The highest BCUT2D eigenvalue weighted by Crippen LogP contribution is 2.46. The van der Waals surface area contributed by atoms with Gasteiger partial charge in [0.2, 0.25) is 0 Å². The quantitative estimate of drug-likeness (QED) is 0.130. The zero-order valence-electron chi connectivity index (χ0n) is 41.4. The Morgan fingerprint density at radius 1 is 0.342 bits per heavy atom. The molecule has 0 amide bonds. The van der Waals surface area contributed by atoms with Crippen LogP contribution in [0.2, 0.25) is 0 Å². The molecule has 4 heteroatoms. The van der Waals surface area contributed by atoms with E-state index in [9.17, 15) is 0 Å². The average molecular weight is 936 g/mol. The van der Waals surface area contributed by atoms with Crippen LogP contribution in [0.5, 0.6) is 0 Å². The van der Waals surface area contributed by atoms with Gasteiger partial charge in [0.15, 0.2) is 7.28 Å². The van der Waals surface area contributed by atoms with Gasteiger partial charge in [-0.3, -0.25) is 0 Å². The number of para-hydroxylation sites is 2. The second kappa shape index (κ2) is 19.6. The SMILES string of the molecule is Cc1ccc(-c2ccccc2)cc1N1c2ccc(-c3ccccc3)cc2Bc2c(-c3ccc(N(c4ccccc4)c4ccccc4)cc3Nc3ccc(-c4ccccc4)cc3)cc(-c3c(C)cccc3C)cc21. The first kappa shape index (κ1) is 45.1. The van der Waals surface area contributed by atoms with Gasteiger partial charge in [-0.15, -0.1) is 0 Å². The van der Waals surface area contributed by atoms with E-state index >= 15 is 0 Å². The van der Waals surface area contributed by atoms with E-state index in [0.29, 0.717) is 0 Å². The summed E-state index contributed by atoms with van der Waals surface area (Å²) in [5.41, 5.74) is 27.0. The molecule has 3 nitrogen and oxygen atoms in total. The van der Waals surface area contributed by atoms with Crippen LogP contribution in [0.25, 0.3) is 55.6 Å². The Bertz CT molecular complexity index is 3690. The van der Waals surface area contributed by atoms with Gasteiger partial charge in [-0.1, -0.05) is 194 Å². The monoisotopic (exact) mass is 935 g/mol. The Morgan fingerprint density at radius 3 is 1.45 bits per heavy atom. The molecule has 0 fully saturated rings. The number of nitrogens with one attached hydrogen (secondary N) is 1. The molecular weight excluding hydrogens is 882 g/mol.